The maximum atomic E-state index is 5.85. The quantitative estimate of drug-likeness (QED) is 0.895. The highest BCUT2D eigenvalue weighted by Crippen LogP contribution is 2.21. The molecule has 3 nitrogen and oxygen atoms in total. The van der Waals surface area contributed by atoms with Gasteiger partial charge in [-0.2, -0.15) is 0 Å². The highest BCUT2D eigenvalue weighted by molar-refractivity contribution is 5.37. The molecule has 0 bridgehead atoms. The van der Waals surface area contributed by atoms with Gasteiger partial charge in [-0.05, 0) is 36.2 Å². The standard InChI is InChI=1S/C16H19NO2/c1-12-3-6-14(10-17)16(9-12)19-11-13-4-7-15(18-2)8-5-13/h3-9H,10-11,17H2,1-2H3. The Labute approximate surface area is 114 Å². The van der Waals surface area contributed by atoms with E-state index in [4.69, 9.17) is 15.2 Å². The van der Waals surface area contributed by atoms with Crippen molar-refractivity contribution in [3.63, 3.8) is 0 Å². The average molecular weight is 257 g/mol. The Morgan fingerprint density at radius 2 is 1.79 bits per heavy atom. The van der Waals surface area contributed by atoms with Crippen molar-refractivity contribution in [1.29, 1.82) is 0 Å². The van der Waals surface area contributed by atoms with Gasteiger partial charge in [0, 0.05) is 12.1 Å². The van der Waals surface area contributed by atoms with Crippen LogP contribution in [-0.2, 0) is 13.2 Å². The van der Waals surface area contributed by atoms with Crippen molar-refractivity contribution >= 4 is 0 Å². The maximum Gasteiger partial charge on any atom is 0.124 e. The largest absolute Gasteiger partial charge is 0.497 e. The Morgan fingerprint density at radius 1 is 1.05 bits per heavy atom. The fourth-order valence-corrected chi connectivity index (χ4v) is 1.85. The summed E-state index contributed by atoms with van der Waals surface area (Å²) in [6.45, 7) is 3.05. The molecule has 0 atom stereocenters. The van der Waals surface area contributed by atoms with Crippen molar-refractivity contribution in [3.05, 3.63) is 59.2 Å². The first kappa shape index (κ1) is 13.4. The molecule has 2 rings (SSSR count). The lowest BCUT2D eigenvalue weighted by Gasteiger charge is -2.11. The van der Waals surface area contributed by atoms with Crippen LogP contribution in [0.1, 0.15) is 16.7 Å². The molecule has 0 aliphatic heterocycles. The molecule has 0 amide bonds. The van der Waals surface area contributed by atoms with E-state index in [1.807, 2.05) is 49.4 Å². The fraction of sp³-hybridized carbons (Fsp3) is 0.250. The van der Waals surface area contributed by atoms with E-state index in [9.17, 15) is 0 Å². The summed E-state index contributed by atoms with van der Waals surface area (Å²) in [6, 6.07) is 13.9. The summed E-state index contributed by atoms with van der Waals surface area (Å²) < 4.78 is 11.0. The van der Waals surface area contributed by atoms with Gasteiger partial charge in [0.2, 0.25) is 0 Å². The van der Waals surface area contributed by atoms with Gasteiger partial charge in [-0.25, -0.2) is 0 Å². The summed E-state index contributed by atoms with van der Waals surface area (Å²) in [6.07, 6.45) is 0. The van der Waals surface area contributed by atoms with Crippen molar-refractivity contribution in [1.82, 2.24) is 0 Å². The van der Waals surface area contributed by atoms with Crippen LogP contribution in [0.3, 0.4) is 0 Å². The van der Waals surface area contributed by atoms with Gasteiger partial charge in [0.05, 0.1) is 7.11 Å². The van der Waals surface area contributed by atoms with E-state index in [0.29, 0.717) is 13.2 Å². The zero-order chi connectivity index (χ0) is 13.7. The minimum atomic E-state index is 0.484. The lowest BCUT2D eigenvalue weighted by Crippen LogP contribution is -2.03. The Balaban J connectivity index is 2.07. The third-order valence-electron chi connectivity index (χ3n) is 3.00. The minimum absolute atomic E-state index is 0.484. The summed E-state index contributed by atoms with van der Waals surface area (Å²) in [4.78, 5) is 0. The van der Waals surface area contributed by atoms with Crippen LogP contribution < -0.4 is 15.2 Å². The first-order valence-corrected chi connectivity index (χ1v) is 6.28. The number of nitrogens with two attached hydrogens (primary N) is 1. The third-order valence-corrected chi connectivity index (χ3v) is 3.00. The van der Waals surface area contributed by atoms with E-state index in [-0.39, 0.29) is 0 Å². The molecular weight excluding hydrogens is 238 g/mol. The van der Waals surface area contributed by atoms with Crippen LogP contribution >= 0.6 is 0 Å². The molecule has 0 aliphatic rings. The first-order chi connectivity index (χ1) is 9.22. The molecule has 0 saturated heterocycles. The van der Waals surface area contributed by atoms with Crippen LogP contribution in [-0.4, -0.2) is 7.11 Å². The molecule has 0 spiro atoms. The predicted molar refractivity (Wildman–Crippen MR) is 76.4 cm³/mol. The molecule has 2 aromatic rings. The zero-order valence-electron chi connectivity index (χ0n) is 11.3. The van der Waals surface area contributed by atoms with Crippen molar-refractivity contribution in [2.75, 3.05) is 7.11 Å². The lowest BCUT2D eigenvalue weighted by atomic mass is 10.1. The van der Waals surface area contributed by atoms with Crippen molar-refractivity contribution in [2.45, 2.75) is 20.1 Å². The van der Waals surface area contributed by atoms with E-state index in [1.54, 1.807) is 7.11 Å². The predicted octanol–water partition coefficient (Wildman–Crippen LogP) is 3.04. The third kappa shape index (κ3) is 3.48. The molecule has 0 fully saturated rings. The summed E-state index contributed by atoms with van der Waals surface area (Å²) >= 11 is 0. The number of methoxy groups -OCH3 is 1. The SMILES string of the molecule is COc1ccc(COc2cc(C)ccc2CN)cc1. The number of hydrogen-bond donors (Lipinski definition) is 1. The Bertz CT molecular complexity index is 535. The molecule has 3 heteroatoms. The van der Waals surface area contributed by atoms with Crippen LogP contribution in [0.5, 0.6) is 11.5 Å². The molecule has 0 aliphatic carbocycles. The van der Waals surface area contributed by atoms with E-state index in [0.717, 1.165) is 22.6 Å². The van der Waals surface area contributed by atoms with Crippen LogP contribution in [0.2, 0.25) is 0 Å². The molecule has 2 N–H and O–H groups in total. The van der Waals surface area contributed by atoms with E-state index < -0.39 is 0 Å². The monoisotopic (exact) mass is 257 g/mol. The van der Waals surface area contributed by atoms with Gasteiger partial charge in [-0.1, -0.05) is 24.3 Å². The topological polar surface area (TPSA) is 44.5 Å². The molecular formula is C16H19NO2. The van der Waals surface area contributed by atoms with Gasteiger partial charge in [-0.3, -0.25) is 0 Å². The summed E-state index contributed by atoms with van der Waals surface area (Å²) in [5, 5.41) is 0. The molecule has 0 saturated carbocycles. The lowest BCUT2D eigenvalue weighted by molar-refractivity contribution is 0.302. The second kappa shape index (κ2) is 6.25. The normalized spacial score (nSPS) is 10.3. The van der Waals surface area contributed by atoms with Crippen molar-refractivity contribution in [3.8, 4) is 11.5 Å². The first-order valence-electron chi connectivity index (χ1n) is 6.28. The second-order valence-corrected chi connectivity index (χ2v) is 4.45. The van der Waals surface area contributed by atoms with Crippen molar-refractivity contribution < 1.29 is 9.47 Å². The number of rotatable bonds is 5. The zero-order valence-corrected chi connectivity index (χ0v) is 11.3. The van der Waals surface area contributed by atoms with Crippen LogP contribution in [0, 0.1) is 6.92 Å². The Morgan fingerprint density at radius 3 is 2.42 bits per heavy atom. The van der Waals surface area contributed by atoms with E-state index >= 15 is 0 Å². The van der Waals surface area contributed by atoms with Crippen molar-refractivity contribution in [2.24, 2.45) is 5.73 Å². The van der Waals surface area contributed by atoms with Gasteiger partial charge < -0.3 is 15.2 Å². The van der Waals surface area contributed by atoms with Gasteiger partial charge in [0.25, 0.3) is 0 Å². The molecule has 2 aromatic carbocycles. The Kier molecular flexibility index (Phi) is 4.42. The van der Waals surface area contributed by atoms with Crippen LogP contribution in [0.15, 0.2) is 42.5 Å². The smallest absolute Gasteiger partial charge is 0.124 e. The molecule has 19 heavy (non-hydrogen) atoms. The summed E-state index contributed by atoms with van der Waals surface area (Å²) in [7, 11) is 1.66. The fourth-order valence-electron chi connectivity index (χ4n) is 1.85. The maximum absolute atomic E-state index is 5.85. The summed E-state index contributed by atoms with van der Waals surface area (Å²) in [5.74, 6) is 1.71. The minimum Gasteiger partial charge on any atom is -0.497 e. The molecule has 100 valence electrons. The average Bonchev–Trinajstić information content (AvgIpc) is 2.46. The summed E-state index contributed by atoms with van der Waals surface area (Å²) in [5.41, 5.74) is 9.01. The molecule has 0 heterocycles. The number of hydrogen-bond acceptors (Lipinski definition) is 3. The van der Waals surface area contributed by atoms with Gasteiger partial charge in [0.1, 0.15) is 18.1 Å². The van der Waals surface area contributed by atoms with Gasteiger partial charge in [0.15, 0.2) is 0 Å². The molecule has 0 aromatic heterocycles. The van der Waals surface area contributed by atoms with Gasteiger partial charge in [-0.15, -0.1) is 0 Å². The van der Waals surface area contributed by atoms with Crippen LogP contribution in [0.4, 0.5) is 0 Å². The van der Waals surface area contributed by atoms with Gasteiger partial charge >= 0.3 is 0 Å². The number of aryl methyl sites for hydroxylation is 1. The highest BCUT2D eigenvalue weighted by Gasteiger charge is 2.03. The van der Waals surface area contributed by atoms with E-state index in [2.05, 4.69) is 0 Å². The van der Waals surface area contributed by atoms with E-state index in [1.165, 1.54) is 5.56 Å². The number of ether oxygens (including phenoxy) is 2. The molecule has 0 unspecified atom stereocenters. The number of benzene rings is 2. The van der Waals surface area contributed by atoms with Crippen LogP contribution in [0.25, 0.3) is 0 Å². The second-order valence-electron chi connectivity index (χ2n) is 4.45. The Hall–Kier alpha value is -2.00. The molecule has 0 radical (unpaired) electrons. The highest BCUT2D eigenvalue weighted by atomic mass is 16.5.